The zero-order valence-corrected chi connectivity index (χ0v) is 15.4. The number of carbonyl (C=O) groups is 1. The van der Waals surface area contributed by atoms with Crippen molar-refractivity contribution in [2.75, 3.05) is 19.6 Å². The molecular weight excluding hydrogens is 377 g/mol. The third-order valence-electron chi connectivity index (χ3n) is 4.28. The Kier molecular flexibility index (Phi) is 6.19. The lowest BCUT2D eigenvalue weighted by molar-refractivity contribution is -0.142. The molecule has 1 aromatic heterocycles. The maximum atomic E-state index is 11.1. The smallest absolute Gasteiger partial charge is 0.307 e. The van der Waals surface area contributed by atoms with Gasteiger partial charge in [0.2, 0.25) is 0 Å². The second-order valence-electron chi connectivity index (χ2n) is 6.24. The van der Waals surface area contributed by atoms with Crippen molar-refractivity contribution in [3.63, 3.8) is 0 Å². The van der Waals surface area contributed by atoms with Crippen LogP contribution in [0.3, 0.4) is 0 Å². The van der Waals surface area contributed by atoms with Crippen molar-refractivity contribution in [3.05, 3.63) is 46.1 Å². The van der Waals surface area contributed by atoms with Gasteiger partial charge in [-0.25, -0.2) is 0 Å². The Morgan fingerprint density at radius 3 is 2.96 bits per heavy atom. The predicted molar refractivity (Wildman–Crippen MR) is 102 cm³/mol. The number of hydrogen-bond acceptors (Lipinski definition) is 5. The Bertz CT molecular complexity index is 807. The summed E-state index contributed by atoms with van der Waals surface area (Å²) < 4.78 is 5.72. The number of piperidine rings is 1. The van der Waals surface area contributed by atoms with Crippen LogP contribution in [0.15, 0.2) is 39.9 Å². The summed E-state index contributed by atoms with van der Waals surface area (Å²) in [4.78, 5) is 11.1. The lowest BCUT2D eigenvalue weighted by Gasteiger charge is -2.27. The highest BCUT2D eigenvalue weighted by molar-refractivity contribution is 6.36. The summed E-state index contributed by atoms with van der Waals surface area (Å²) in [5.74, 6) is 0.352. The average Bonchev–Trinajstić information content (AvgIpc) is 3.07. The summed E-state index contributed by atoms with van der Waals surface area (Å²) in [6, 6.07) is 8.84. The van der Waals surface area contributed by atoms with Gasteiger partial charge in [-0.1, -0.05) is 23.2 Å². The molecule has 2 atom stereocenters. The Hall–Kier alpha value is -2.02. The van der Waals surface area contributed by atoms with E-state index in [1.54, 1.807) is 30.5 Å². The zero-order valence-electron chi connectivity index (χ0n) is 13.9. The van der Waals surface area contributed by atoms with Crippen molar-refractivity contribution in [1.82, 2.24) is 10.7 Å². The molecule has 8 heteroatoms. The van der Waals surface area contributed by atoms with Gasteiger partial charge in [-0.3, -0.25) is 4.79 Å². The molecule has 1 fully saturated rings. The molecule has 26 heavy (non-hydrogen) atoms. The highest BCUT2D eigenvalue weighted by Gasteiger charge is 2.26. The van der Waals surface area contributed by atoms with E-state index in [9.17, 15) is 4.79 Å². The molecule has 0 radical (unpaired) electrons. The van der Waals surface area contributed by atoms with Crippen molar-refractivity contribution in [1.29, 1.82) is 0 Å². The third kappa shape index (κ3) is 4.78. The van der Waals surface area contributed by atoms with Crippen molar-refractivity contribution in [2.24, 2.45) is 16.9 Å². The number of hydrazone groups is 1. The number of furan rings is 1. The number of carboxylic acids is 1. The maximum Gasteiger partial charge on any atom is 0.307 e. The maximum absolute atomic E-state index is 11.1. The Morgan fingerprint density at radius 2 is 2.19 bits per heavy atom. The van der Waals surface area contributed by atoms with Crippen LogP contribution in [0.25, 0.3) is 11.3 Å². The summed E-state index contributed by atoms with van der Waals surface area (Å²) in [6.07, 6.45) is 2.23. The first-order chi connectivity index (χ1) is 12.5. The highest BCUT2D eigenvalue weighted by atomic mass is 35.5. The van der Waals surface area contributed by atoms with E-state index in [2.05, 4.69) is 15.8 Å². The molecule has 0 bridgehead atoms. The van der Waals surface area contributed by atoms with Gasteiger partial charge in [0, 0.05) is 23.7 Å². The summed E-state index contributed by atoms with van der Waals surface area (Å²) in [5.41, 5.74) is 3.72. The van der Waals surface area contributed by atoms with Crippen molar-refractivity contribution in [2.45, 2.75) is 6.42 Å². The number of rotatable bonds is 6. The first kappa shape index (κ1) is 18.8. The predicted octanol–water partition coefficient (Wildman–Crippen LogP) is 3.49. The van der Waals surface area contributed by atoms with E-state index in [1.807, 2.05) is 6.07 Å². The van der Waals surface area contributed by atoms with E-state index in [4.69, 9.17) is 32.7 Å². The second-order valence-corrected chi connectivity index (χ2v) is 7.09. The molecule has 1 aliphatic heterocycles. The minimum atomic E-state index is -0.755. The SMILES string of the molecule is O=C(O)[C@H]1CNC[C@@H](CN/N=C/c2ccc(-c3ccc(Cl)cc3Cl)o2)C1. The van der Waals surface area contributed by atoms with Gasteiger partial charge in [-0.05, 0) is 49.2 Å². The van der Waals surface area contributed by atoms with E-state index in [0.29, 0.717) is 41.1 Å². The van der Waals surface area contributed by atoms with E-state index >= 15 is 0 Å². The Labute approximate surface area is 161 Å². The number of nitrogens with one attached hydrogen (secondary N) is 2. The fourth-order valence-electron chi connectivity index (χ4n) is 2.92. The van der Waals surface area contributed by atoms with Crippen LogP contribution in [0, 0.1) is 11.8 Å². The van der Waals surface area contributed by atoms with Gasteiger partial charge in [-0.15, -0.1) is 0 Å². The largest absolute Gasteiger partial charge is 0.481 e. The van der Waals surface area contributed by atoms with Gasteiger partial charge in [0.05, 0.1) is 17.2 Å². The Balaban J connectivity index is 1.53. The summed E-state index contributed by atoms with van der Waals surface area (Å²) >= 11 is 12.1. The first-order valence-electron chi connectivity index (χ1n) is 8.27. The molecule has 1 aliphatic rings. The van der Waals surface area contributed by atoms with Crippen LogP contribution in [0.1, 0.15) is 12.2 Å². The number of halogens is 2. The summed E-state index contributed by atoms with van der Waals surface area (Å²) in [7, 11) is 0. The molecule has 2 aromatic rings. The van der Waals surface area contributed by atoms with E-state index in [-0.39, 0.29) is 11.8 Å². The van der Waals surface area contributed by atoms with Crippen molar-refractivity contribution >= 4 is 35.4 Å². The normalized spacial score (nSPS) is 20.4. The number of hydrogen-bond donors (Lipinski definition) is 3. The van der Waals surface area contributed by atoms with Gasteiger partial charge in [0.15, 0.2) is 0 Å². The van der Waals surface area contributed by atoms with Gasteiger partial charge in [0.1, 0.15) is 11.5 Å². The molecule has 0 spiro atoms. The van der Waals surface area contributed by atoms with E-state index in [1.165, 1.54) is 0 Å². The Morgan fingerprint density at radius 1 is 1.35 bits per heavy atom. The molecule has 2 heterocycles. The topological polar surface area (TPSA) is 86.9 Å². The molecule has 1 aromatic carbocycles. The van der Waals surface area contributed by atoms with Gasteiger partial charge in [0.25, 0.3) is 0 Å². The van der Waals surface area contributed by atoms with Crippen LogP contribution >= 0.6 is 23.2 Å². The number of carboxylic acid groups (broad SMARTS) is 1. The third-order valence-corrected chi connectivity index (χ3v) is 4.83. The summed E-state index contributed by atoms with van der Waals surface area (Å²) in [6.45, 7) is 1.91. The first-order valence-corrected chi connectivity index (χ1v) is 9.03. The molecular formula is C18H19Cl2N3O3. The van der Waals surface area contributed by atoms with Crippen molar-refractivity contribution in [3.8, 4) is 11.3 Å². The number of nitrogens with zero attached hydrogens (tertiary/aromatic N) is 1. The molecule has 3 N–H and O–H groups in total. The van der Waals surface area contributed by atoms with Crippen molar-refractivity contribution < 1.29 is 14.3 Å². The van der Waals surface area contributed by atoms with Crippen LogP contribution < -0.4 is 10.7 Å². The molecule has 0 aliphatic carbocycles. The van der Waals surface area contributed by atoms with Crippen LogP contribution in [0.2, 0.25) is 10.0 Å². The van der Waals surface area contributed by atoms with Crippen LogP contribution in [0.5, 0.6) is 0 Å². The number of aliphatic carboxylic acids is 1. The lowest BCUT2D eigenvalue weighted by atomic mass is 9.91. The van der Waals surface area contributed by atoms with Crippen LogP contribution in [0.4, 0.5) is 0 Å². The molecule has 0 unspecified atom stereocenters. The number of benzene rings is 1. The molecule has 138 valence electrons. The van der Waals surface area contributed by atoms with Gasteiger partial charge in [-0.2, -0.15) is 5.10 Å². The minimum Gasteiger partial charge on any atom is -0.481 e. The quantitative estimate of drug-likeness (QED) is 0.514. The van der Waals surface area contributed by atoms with E-state index < -0.39 is 5.97 Å². The minimum absolute atomic E-state index is 0.224. The standard InChI is InChI=1S/C18H19Cl2N3O3/c19-13-1-3-15(16(20)6-13)17-4-2-14(26-17)10-23-22-8-11-5-12(18(24)25)9-21-7-11/h1-4,6,10-12,21-22H,5,7-9H2,(H,24,25)/b23-10+/t11-,12+/m0/s1. The molecule has 0 amide bonds. The fraction of sp³-hybridized carbons (Fsp3) is 0.333. The highest BCUT2D eigenvalue weighted by Crippen LogP contribution is 2.31. The van der Waals surface area contributed by atoms with Gasteiger partial charge < -0.3 is 20.3 Å². The van der Waals surface area contributed by atoms with E-state index in [0.717, 1.165) is 12.1 Å². The molecule has 0 saturated carbocycles. The fourth-order valence-corrected chi connectivity index (χ4v) is 3.42. The molecule has 1 saturated heterocycles. The molecule has 3 rings (SSSR count). The second kappa shape index (κ2) is 8.58. The lowest BCUT2D eigenvalue weighted by Crippen LogP contribution is -2.42. The summed E-state index contributed by atoms with van der Waals surface area (Å²) in [5, 5.41) is 17.5. The van der Waals surface area contributed by atoms with Crippen LogP contribution in [-0.4, -0.2) is 36.9 Å². The monoisotopic (exact) mass is 395 g/mol. The molecule has 6 nitrogen and oxygen atoms in total. The van der Waals surface area contributed by atoms with Crippen LogP contribution in [-0.2, 0) is 4.79 Å². The van der Waals surface area contributed by atoms with Gasteiger partial charge >= 0.3 is 5.97 Å². The average molecular weight is 396 g/mol. The zero-order chi connectivity index (χ0) is 18.5.